The van der Waals surface area contributed by atoms with Gasteiger partial charge in [-0.1, -0.05) is 36.8 Å². The molecule has 1 fully saturated rings. The van der Waals surface area contributed by atoms with Gasteiger partial charge in [0.2, 0.25) is 0 Å². The summed E-state index contributed by atoms with van der Waals surface area (Å²) >= 11 is 6.87. The molecule has 1 aromatic heterocycles. The van der Waals surface area contributed by atoms with Crippen molar-refractivity contribution in [2.75, 3.05) is 6.54 Å². The zero-order valence-electron chi connectivity index (χ0n) is 11.6. The van der Waals surface area contributed by atoms with E-state index in [4.69, 9.17) is 11.6 Å². The van der Waals surface area contributed by atoms with Crippen LogP contribution in [0.5, 0.6) is 0 Å². The van der Waals surface area contributed by atoms with Crippen molar-refractivity contribution in [2.45, 2.75) is 44.4 Å². The minimum Gasteiger partial charge on any atom is -0.229 e. The Morgan fingerprint density at radius 1 is 1.37 bits per heavy atom. The summed E-state index contributed by atoms with van der Waals surface area (Å²) in [6, 6.07) is 0.0153. The molecule has 0 N–H and O–H groups in total. The average molecular weight is 323 g/mol. The Hall–Kier alpha value is -0.170. The van der Waals surface area contributed by atoms with Crippen LogP contribution in [0.1, 0.15) is 32.9 Å². The summed E-state index contributed by atoms with van der Waals surface area (Å²) in [7, 11) is -3.48. The molecule has 3 atom stereocenters. The molecule has 2 heterocycles. The number of aromatic nitrogens is 1. The highest BCUT2D eigenvalue weighted by Gasteiger charge is 2.38. The quantitative estimate of drug-likeness (QED) is 0.840. The molecule has 108 valence electrons. The van der Waals surface area contributed by atoms with Gasteiger partial charge in [-0.25, -0.2) is 13.4 Å². The van der Waals surface area contributed by atoms with Crippen molar-refractivity contribution in [3.8, 4) is 0 Å². The maximum Gasteiger partial charge on any atom is 0.254 e. The molecule has 3 unspecified atom stereocenters. The van der Waals surface area contributed by atoms with Crippen LogP contribution in [0.3, 0.4) is 0 Å². The molecule has 7 heteroatoms. The summed E-state index contributed by atoms with van der Waals surface area (Å²) in [6.45, 7) is 8.44. The Bertz CT molecular complexity index is 570. The fraction of sp³-hybridized carbons (Fsp3) is 0.750. The van der Waals surface area contributed by atoms with Gasteiger partial charge in [0.15, 0.2) is 8.68 Å². The van der Waals surface area contributed by atoms with Crippen molar-refractivity contribution in [1.82, 2.24) is 9.29 Å². The topological polar surface area (TPSA) is 50.3 Å². The number of halogens is 1. The molecule has 1 saturated heterocycles. The normalized spacial score (nSPS) is 29.6. The summed E-state index contributed by atoms with van der Waals surface area (Å²) in [5, 5.41) is 0. The number of rotatable bonds is 2. The summed E-state index contributed by atoms with van der Waals surface area (Å²) in [6.07, 6.45) is 1.07. The first-order valence-corrected chi connectivity index (χ1v) is 9.01. The van der Waals surface area contributed by atoms with Crippen LogP contribution in [0, 0.1) is 18.8 Å². The standard InChI is InChI=1S/C12H19ClN2O2S2/c1-7-5-8(2)10(4)15(6-7)19(16,17)11-9(3)14-12(13)18-11/h7-8,10H,5-6H2,1-4H3. The van der Waals surface area contributed by atoms with Gasteiger partial charge in [-0.05, 0) is 32.1 Å². The number of nitrogens with zero attached hydrogens (tertiary/aromatic N) is 2. The zero-order chi connectivity index (χ0) is 14.4. The van der Waals surface area contributed by atoms with E-state index in [0.29, 0.717) is 24.1 Å². The Balaban J connectivity index is 2.41. The van der Waals surface area contributed by atoms with Gasteiger partial charge in [0.25, 0.3) is 10.0 Å². The van der Waals surface area contributed by atoms with E-state index in [0.717, 1.165) is 17.8 Å². The fourth-order valence-electron chi connectivity index (χ4n) is 2.68. The largest absolute Gasteiger partial charge is 0.254 e. The highest BCUT2D eigenvalue weighted by atomic mass is 35.5. The van der Waals surface area contributed by atoms with Gasteiger partial charge in [0.05, 0.1) is 5.69 Å². The third-order valence-corrected chi connectivity index (χ3v) is 7.62. The molecule has 0 saturated carbocycles. The number of aryl methyl sites for hydroxylation is 1. The van der Waals surface area contributed by atoms with E-state index < -0.39 is 10.0 Å². The molecule has 0 aromatic carbocycles. The maximum atomic E-state index is 12.8. The molecule has 4 nitrogen and oxygen atoms in total. The highest BCUT2D eigenvalue weighted by Crippen LogP contribution is 2.35. The van der Waals surface area contributed by atoms with Gasteiger partial charge < -0.3 is 0 Å². The Morgan fingerprint density at radius 3 is 2.53 bits per heavy atom. The van der Waals surface area contributed by atoms with E-state index in [1.54, 1.807) is 11.2 Å². The highest BCUT2D eigenvalue weighted by molar-refractivity contribution is 7.91. The number of piperidine rings is 1. The molecular weight excluding hydrogens is 304 g/mol. The number of sulfonamides is 1. The first-order valence-electron chi connectivity index (χ1n) is 6.38. The zero-order valence-corrected chi connectivity index (χ0v) is 13.9. The van der Waals surface area contributed by atoms with Crippen molar-refractivity contribution in [3.63, 3.8) is 0 Å². The first kappa shape index (κ1) is 15.2. The SMILES string of the molecule is Cc1nc(Cl)sc1S(=O)(=O)N1CC(C)CC(C)C1C. The summed E-state index contributed by atoms with van der Waals surface area (Å²) < 4.78 is 27.7. The van der Waals surface area contributed by atoms with E-state index in [9.17, 15) is 8.42 Å². The minimum atomic E-state index is -3.48. The van der Waals surface area contributed by atoms with Crippen molar-refractivity contribution < 1.29 is 8.42 Å². The molecule has 1 aliphatic heterocycles. The third kappa shape index (κ3) is 2.82. The van der Waals surface area contributed by atoms with Gasteiger partial charge in [-0.15, -0.1) is 0 Å². The minimum absolute atomic E-state index is 0.0153. The molecule has 2 rings (SSSR count). The fourth-order valence-corrected chi connectivity index (χ4v) is 6.37. The lowest BCUT2D eigenvalue weighted by Crippen LogP contribution is -2.48. The van der Waals surface area contributed by atoms with Crippen LogP contribution in [0.2, 0.25) is 4.47 Å². The molecule has 1 aromatic rings. The number of hydrogen-bond acceptors (Lipinski definition) is 4. The van der Waals surface area contributed by atoms with Gasteiger partial charge in [-0.3, -0.25) is 0 Å². The summed E-state index contributed by atoms with van der Waals surface area (Å²) in [4.78, 5) is 4.01. The van der Waals surface area contributed by atoms with Crippen LogP contribution in [-0.4, -0.2) is 30.3 Å². The van der Waals surface area contributed by atoms with Crippen molar-refractivity contribution in [3.05, 3.63) is 10.2 Å². The van der Waals surface area contributed by atoms with Crippen LogP contribution < -0.4 is 0 Å². The van der Waals surface area contributed by atoms with Gasteiger partial charge >= 0.3 is 0 Å². The lowest BCUT2D eigenvalue weighted by Gasteiger charge is -2.39. The lowest BCUT2D eigenvalue weighted by atomic mass is 9.88. The van der Waals surface area contributed by atoms with Crippen LogP contribution in [0.25, 0.3) is 0 Å². The maximum absolute atomic E-state index is 12.8. The Labute approximate surface area is 123 Å². The van der Waals surface area contributed by atoms with Crippen molar-refractivity contribution >= 4 is 33.0 Å². The third-order valence-electron chi connectivity index (χ3n) is 3.81. The monoisotopic (exact) mass is 322 g/mol. The molecule has 0 radical (unpaired) electrons. The van der Waals surface area contributed by atoms with E-state index >= 15 is 0 Å². The molecule has 1 aliphatic rings. The van der Waals surface area contributed by atoms with E-state index in [-0.39, 0.29) is 14.7 Å². The van der Waals surface area contributed by atoms with Crippen LogP contribution in [0.15, 0.2) is 4.21 Å². The first-order chi connectivity index (χ1) is 8.73. The van der Waals surface area contributed by atoms with Crippen molar-refractivity contribution in [2.24, 2.45) is 11.8 Å². The predicted molar refractivity (Wildman–Crippen MR) is 78.2 cm³/mol. The van der Waals surface area contributed by atoms with Crippen LogP contribution in [-0.2, 0) is 10.0 Å². The van der Waals surface area contributed by atoms with E-state index in [1.165, 1.54) is 0 Å². The smallest absolute Gasteiger partial charge is 0.229 e. The second-order valence-corrected chi connectivity index (χ2v) is 9.14. The summed E-state index contributed by atoms with van der Waals surface area (Å²) in [5.41, 5.74) is 0.494. The predicted octanol–water partition coefficient (Wildman–Crippen LogP) is 3.16. The van der Waals surface area contributed by atoms with Crippen LogP contribution >= 0.6 is 22.9 Å². The van der Waals surface area contributed by atoms with Gasteiger partial charge in [0.1, 0.15) is 0 Å². The van der Waals surface area contributed by atoms with Gasteiger partial charge in [0, 0.05) is 12.6 Å². The van der Waals surface area contributed by atoms with E-state index in [2.05, 4.69) is 18.8 Å². The Kier molecular flexibility index (Phi) is 4.26. The molecule has 19 heavy (non-hydrogen) atoms. The van der Waals surface area contributed by atoms with Crippen molar-refractivity contribution in [1.29, 1.82) is 0 Å². The number of thiazole rings is 1. The Morgan fingerprint density at radius 2 is 2.00 bits per heavy atom. The van der Waals surface area contributed by atoms with Crippen LogP contribution in [0.4, 0.5) is 0 Å². The number of hydrogen-bond donors (Lipinski definition) is 0. The molecule has 0 amide bonds. The average Bonchev–Trinajstić information content (AvgIpc) is 2.63. The molecule has 0 bridgehead atoms. The molecule has 0 aliphatic carbocycles. The van der Waals surface area contributed by atoms with Gasteiger partial charge in [-0.2, -0.15) is 4.31 Å². The second-order valence-electron chi connectivity index (χ2n) is 5.47. The second kappa shape index (κ2) is 5.31. The molecular formula is C12H19ClN2O2S2. The molecule has 0 spiro atoms. The summed E-state index contributed by atoms with van der Waals surface area (Å²) in [5.74, 6) is 0.742. The van der Waals surface area contributed by atoms with E-state index in [1.807, 2.05) is 6.92 Å². The lowest BCUT2D eigenvalue weighted by molar-refractivity contribution is 0.157.